The normalized spacial score (nSPS) is 12.8. The molecule has 1 aromatic rings. The van der Waals surface area contributed by atoms with Gasteiger partial charge in [0.15, 0.2) is 0 Å². The molecule has 0 aliphatic heterocycles. The molecule has 1 aromatic heterocycles. The summed E-state index contributed by atoms with van der Waals surface area (Å²) < 4.78 is 7.47. The zero-order valence-electron chi connectivity index (χ0n) is 12.0. The summed E-state index contributed by atoms with van der Waals surface area (Å²) in [5.74, 6) is 0. The van der Waals surface area contributed by atoms with E-state index in [-0.39, 0.29) is 0 Å². The Morgan fingerprint density at radius 1 is 1.39 bits per heavy atom. The Morgan fingerprint density at radius 2 is 2.22 bits per heavy atom. The van der Waals surface area contributed by atoms with E-state index in [0.29, 0.717) is 6.04 Å². The van der Waals surface area contributed by atoms with Gasteiger partial charge in [0.2, 0.25) is 0 Å². The molecule has 0 amide bonds. The number of hydrogen-bond donors (Lipinski definition) is 1. The van der Waals surface area contributed by atoms with Gasteiger partial charge in [0.05, 0.1) is 5.69 Å². The summed E-state index contributed by atoms with van der Waals surface area (Å²) in [6.45, 7) is 10.1. The molecule has 1 unspecified atom stereocenters. The second-order valence-corrected chi connectivity index (χ2v) is 4.69. The molecule has 4 heteroatoms. The number of aromatic nitrogens is 2. The Hall–Kier alpha value is -0.870. The molecule has 104 valence electrons. The van der Waals surface area contributed by atoms with Crippen LogP contribution in [0.2, 0.25) is 0 Å². The minimum absolute atomic E-state index is 0.487. The zero-order valence-corrected chi connectivity index (χ0v) is 12.0. The Morgan fingerprint density at radius 3 is 2.94 bits per heavy atom. The molecular weight excluding hydrogens is 226 g/mol. The van der Waals surface area contributed by atoms with Gasteiger partial charge in [-0.3, -0.25) is 4.68 Å². The Labute approximate surface area is 111 Å². The van der Waals surface area contributed by atoms with Crippen molar-refractivity contribution in [1.29, 1.82) is 0 Å². The van der Waals surface area contributed by atoms with Gasteiger partial charge < -0.3 is 10.1 Å². The van der Waals surface area contributed by atoms with Crippen molar-refractivity contribution >= 4 is 0 Å². The quantitative estimate of drug-likeness (QED) is 0.652. The third kappa shape index (κ3) is 5.65. The molecule has 1 rings (SSSR count). The Balaban J connectivity index is 2.10. The first kappa shape index (κ1) is 15.2. The third-order valence-electron chi connectivity index (χ3n) is 3.00. The van der Waals surface area contributed by atoms with Crippen LogP contribution in [-0.4, -0.2) is 29.5 Å². The van der Waals surface area contributed by atoms with Crippen molar-refractivity contribution in [2.24, 2.45) is 0 Å². The van der Waals surface area contributed by atoms with Crippen LogP contribution in [0.1, 0.15) is 51.8 Å². The molecule has 1 atom stereocenters. The van der Waals surface area contributed by atoms with Gasteiger partial charge in [0.25, 0.3) is 0 Å². The van der Waals surface area contributed by atoms with Gasteiger partial charge >= 0.3 is 0 Å². The Kier molecular flexibility index (Phi) is 7.69. The molecule has 1 heterocycles. The van der Waals surface area contributed by atoms with E-state index in [1.807, 2.05) is 4.68 Å². The van der Waals surface area contributed by atoms with Crippen LogP contribution in [0.25, 0.3) is 0 Å². The third-order valence-corrected chi connectivity index (χ3v) is 3.00. The second-order valence-electron chi connectivity index (χ2n) is 4.69. The molecule has 0 spiro atoms. The van der Waals surface area contributed by atoms with Gasteiger partial charge in [-0.2, -0.15) is 5.10 Å². The lowest BCUT2D eigenvalue weighted by Crippen LogP contribution is -2.17. The zero-order chi connectivity index (χ0) is 13.2. The molecule has 0 aliphatic rings. The average Bonchev–Trinajstić information content (AvgIpc) is 2.85. The predicted molar refractivity (Wildman–Crippen MR) is 74.7 cm³/mol. The van der Waals surface area contributed by atoms with E-state index >= 15 is 0 Å². The molecule has 0 saturated carbocycles. The van der Waals surface area contributed by atoms with Crippen LogP contribution in [0, 0.1) is 0 Å². The highest BCUT2D eigenvalue weighted by molar-refractivity contribution is 4.99. The number of ether oxygens (including phenoxy) is 1. The number of hydrogen-bond acceptors (Lipinski definition) is 3. The van der Waals surface area contributed by atoms with Gasteiger partial charge in [-0.15, -0.1) is 0 Å². The summed E-state index contributed by atoms with van der Waals surface area (Å²) in [6.07, 6.45) is 5.34. The fourth-order valence-corrected chi connectivity index (χ4v) is 1.67. The lowest BCUT2D eigenvalue weighted by atomic mass is 10.3. The van der Waals surface area contributed by atoms with Crippen LogP contribution in [0.5, 0.6) is 0 Å². The first-order chi connectivity index (χ1) is 8.77. The molecule has 0 fully saturated rings. The fraction of sp³-hybridized carbons (Fsp3) is 0.786. The summed E-state index contributed by atoms with van der Waals surface area (Å²) in [4.78, 5) is 0. The van der Waals surface area contributed by atoms with Gasteiger partial charge in [-0.1, -0.05) is 13.8 Å². The van der Waals surface area contributed by atoms with Crippen LogP contribution in [0.15, 0.2) is 12.3 Å². The van der Waals surface area contributed by atoms with Gasteiger partial charge in [-0.25, -0.2) is 0 Å². The summed E-state index contributed by atoms with van der Waals surface area (Å²) >= 11 is 0. The standard InChI is InChI=1S/C14H27N3O/c1-4-10-18-11-6-8-15-12-14-7-9-17(16-14)13(3)5-2/h7,9,13,15H,4-6,8,10-12H2,1-3H3. The van der Waals surface area contributed by atoms with Crippen molar-refractivity contribution in [3.63, 3.8) is 0 Å². The summed E-state index contributed by atoms with van der Waals surface area (Å²) in [7, 11) is 0. The van der Waals surface area contributed by atoms with Crippen LogP contribution in [0.3, 0.4) is 0 Å². The molecule has 0 bridgehead atoms. The highest BCUT2D eigenvalue weighted by atomic mass is 16.5. The number of rotatable bonds is 10. The fourth-order valence-electron chi connectivity index (χ4n) is 1.67. The van der Waals surface area contributed by atoms with E-state index < -0.39 is 0 Å². The monoisotopic (exact) mass is 253 g/mol. The van der Waals surface area contributed by atoms with Crippen LogP contribution < -0.4 is 5.32 Å². The topological polar surface area (TPSA) is 39.1 Å². The van der Waals surface area contributed by atoms with E-state index in [1.165, 1.54) is 0 Å². The maximum Gasteiger partial charge on any atom is 0.0762 e. The molecule has 0 aromatic carbocycles. The Bertz CT molecular complexity index is 312. The van der Waals surface area contributed by atoms with E-state index in [0.717, 1.165) is 51.3 Å². The van der Waals surface area contributed by atoms with E-state index in [2.05, 4.69) is 43.4 Å². The molecule has 0 radical (unpaired) electrons. The average molecular weight is 253 g/mol. The first-order valence-corrected chi connectivity index (χ1v) is 7.10. The van der Waals surface area contributed by atoms with Crippen molar-refractivity contribution in [3.8, 4) is 0 Å². The molecule has 0 saturated heterocycles. The van der Waals surface area contributed by atoms with Crippen molar-refractivity contribution in [2.75, 3.05) is 19.8 Å². The van der Waals surface area contributed by atoms with Gasteiger partial charge in [0.1, 0.15) is 0 Å². The smallest absolute Gasteiger partial charge is 0.0762 e. The summed E-state index contributed by atoms with van der Waals surface area (Å²) in [5.41, 5.74) is 1.12. The number of nitrogens with one attached hydrogen (secondary N) is 1. The maximum atomic E-state index is 5.43. The van der Waals surface area contributed by atoms with Gasteiger partial charge in [-0.05, 0) is 38.8 Å². The second kappa shape index (κ2) is 9.11. The summed E-state index contributed by atoms with van der Waals surface area (Å²) in [5, 5.41) is 7.94. The van der Waals surface area contributed by atoms with E-state index in [4.69, 9.17) is 4.74 Å². The SMILES string of the molecule is CCCOCCCNCc1ccn(C(C)CC)n1. The van der Waals surface area contributed by atoms with E-state index in [1.54, 1.807) is 0 Å². The van der Waals surface area contributed by atoms with Crippen LogP contribution >= 0.6 is 0 Å². The van der Waals surface area contributed by atoms with Gasteiger partial charge in [0, 0.05) is 32.0 Å². The largest absolute Gasteiger partial charge is 0.381 e. The van der Waals surface area contributed by atoms with Crippen LogP contribution in [0.4, 0.5) is 0 Å². The molecular formula is C14H27N3O. The predicted octanol–water partition coefficient (Wildman–Crippen LogP) is 2.76. The summed E-state index contributed by atoms with van der Waals surface area (Å²) in [6, 6.07) is 2.58. The molecule has 4 nitrogen and oxygen atoms in total. The molecule has 0 aliphatic carbocycles. The van der Waals surface area contributed by atoms with Crippen molar-refractivity contribution < 1.29 is 4.74 Å². The van der Waals surface area contributed by atoms with E-state index in [9.17, 15) is 0 Å². The van der Waals surface area contributed by atoms with Crippen molar-refractivity contribution in [2.45, 2.75) is 52.6 Å². The van der Waals surface area contributed by atoms with Crippen molar-refractivity contribution in [3.05, 3.63) is 18.0 Å². The molecule has 18 heavy (non-hydrogen) atoms. The highest BCUT2D eigenvalue weighted by Gasteiger charge is 2.03. The van der Waals surface area contributed by atoms with Crippen LogP contribution in [-0.2, 0) is 11.3 Å². The number of nitrogens with zero attached hydrogens (tertiary/aromatic N) is 2. The lowest BCUT2D eigenvalue weighted by Gasteiger charge is -2.08. The molecule has 1 N–H and O–H groups in total. The lowest BCUT2D eigenvalue weighted by molar-refractivity contribution is 0.132. The van der Waals surface area contributed by atoms with Crippen molar-refractivity contribution in [1.82, 2.24) is 15.1 Å². The minimum atomic E-state index is 0.487. The highest BCUT2D eigenvalue weighted by Crippen LogP contribution is 2.08. The first-order valence-electron chi connectivity index (χ1n) is 7.10. The minimum Gasteiger partial charge on any atom is -0.381 e. The maximum absolute atomic E-state index is 5.43.